The monoisotopic (exact) mass is 204 g/mol. The number of aromatic nitrogens is 2. The molecule has 5 nitrogen and oxygen atoms in total. The average molecular weight is 204 g/mol. The van der Waals surface area contributed by atoms with E-state index in [4.69, 9.17) is 5.73 Å². The number of nitrogens with zero attached hydrogens (tertiary/aromatic N) is 2. The predicted octanol–water partition coefficient (Wildman–Crippen LogP) is 1.57. The lowest BCUT2D eigenvalue weighted by Crippen LogP contribution is -2.02. The molecule has 2 aromatic rings. The van der Waals surface area contributed by atoms with E-state index in [9.17, 15) is 0 Å². The summed E-state index contributed by atoms with van der Waals surface area (Å²) in [6.07, 6.45) is 1.31. The maximum absolute atomic E-state index is 5.78. The maximum Gasteiger partial charge on any atom is 0.213 e. The molecule has 0 aliphatic carbocycles. The van der Waals surface area contributed by atoms with E-state index < -0.39 is 0 Å². The third kappa shape index (κ3) is 2.25. The Morgan fingerprint density at radius 3 is 3.00 bits per heavy atom. The first kappa shape index (κ1) is 9.51. The number of benzene rings is 1. The molecule has 1 aromatic carbocycles. The second-order valence-electron chi connectivity index (χ2n) is 3.27. The van der Waals surface area contributed by atoms with Crippen LogP contribution in [0.3, 0.4) is 0 Å². The molecule has 3 N–H and O–H groups in total. The first-order chi connectivity index (χ1) is 7.25. The lowest BCUT2D eigenvalue weighted by atomic mass is 10.2. The molecule has 0 unspecified atom stereocenters. The fourth-order valence-electron chi connectivity index (χ4n) is 1.20. The van der Waals surface area contributed by atoms with E-state index in [2.05, 4.69) is 20.0 Å². The fraction of sp³-hybridized carbons (Fsp3) is 0.200. The van der Waals surface area contributed by atoms with Crippen LogP contribution >= 0.6 is 0 Å². The molecule has 15 heavy (non-hydrogen) atoms. The van der Waals surface area contributed by atoms with Crippen molar-refractivity contribution in [3.63, 3.8) is 0 Å². The van der Waals surface area contributed by atoms with E-state index in [1.165, 1.54) is 6.39 Å². The smallest absolute Gasteiger partial charge is 0.213 e. The molecule has 2 rings (SSSR count). The fourth-order valence-corrected chi connectivity index (χ4v) is 1.20. The lowest BCUT2D eigenvalue weighted by molar-refractivity contribution is 0.411. The maximum atomic E-state index is 5.78. The molecule has 1 aromatic heterocycles. The number of rotatable bonds is 3. The van der Waals surface area contributed by atoms with Crippen LogP contribution in [0.15, 0.2) is 29.1 Å². The van der Waals surface area contributed by atoms with Crippen LogP contribution < -0.4 is 11.1 Å². The quantitative estimate of drug-likeness (QED) is 0.742. The second-order valence-corrected chi connectivity index (χ2v) is 3.27. The molecule has 0 saturated carbocycles. The molecule has 0 fully saturated rings. The number of hydrogen-bond acceptors (Lipinski definition) is 5. The number of anilines is 2. The van der Waals surface area contributed by atoms with E-state index in [-0.39, 0.29) is 0 Å². The Balaban J connectivity index is 2.02. The largest absolute Gasteiger partial charge is 0.398 e. The highest BCUT2D eigenvalue weighted by Gasteiger charge is 1.99. The highest BCUT2D eigenvalue weighted by molar-refractivity contribution is 5.58. The zero-order valence-corrected chi connectivity index (χ0v) is 8.40. The minimum atomic E-state index is 0.527. The van der Waals surface area contributed by atoms with Crippen LogP contribution in [0.25, 0.3) is 0 Å². The molecular weight excluding hydrogens is 192 g/mol. The van der Waals surface area contributed by atoms with E-state index in [0.717, 1.165) is 16.9 Å². The number of nitrogens with one attached hydrogen (secondary N) is 1. The van der Waals surface area contributed by atoms with E-state index >= 15 is 0 Å². The van der Waals surface area contributed by atoms with Crippen LogP contribution in [-0.4, -0.2) is 10.1 Å². The summed E-state index contributed by atoms with van der Waals surface area (Å²) in [5, 5.41) is 6.84. The molecule has 0 spiro atoms. The van der Waals surface area contributed by atoms with Gasteiger partial charge in [-0.25, -0.2) is 0 Å². The standard InChI is InChI=1S/C10H12N4O/c1-7-2-3-8(4-9(7)11)12-5-10-13-6-15-14-10/h2-4,6,12H,5,11H2,1H3. The Kier molecular flexibility index (Phi) is 2.53. The molecular formula is C10H12N4O. The van der Waals surface area contributed by atoms with Gasteiger partial charge in [-0.1, -0.05) is 11.2 Å². The van der Waals surface area contributed by atoms with Crippen molar-refractivity contribution in [2.24, 2.45) is 0 Å². The molecule has 1 heterocycles. The normalized spacial score (nSPS) is 10.2. The summed E-state index contributed by atoms with van der Waals surface area (Å²) in [6, 6.07) is 5.81. The third-order valence-corrected chi connectivity index (χ3v) is 2.14. The van der Waals surface area contributed by atoms with Crippen molar-refractivity contribution in [2.45, 2.75) is 13.5 Å². The average Bonchev–Trinajstić information content (AvgIpc) is 2.73. The van der Waals surface area contributed by atoms with Crippen molar-refractivity contribution in [3.05, 3.63) is 36.0 Å². The van der Waals surface area contributed by atoms with Gasteiger partial charge in [-0.2, -0.15) is 4.98 Å². The highest BCUT2D eigenvalue weighted by Crippen LogP contribution is 2.17. The van der Waals surface area contributed by atoms with Gasteiger partial charge in [0.05, 0.1) is 6.54 Å². The summed E-state index contributed by atoms with van der Waals surface area (Å²) >= 11 is 0. The molecule has 0 amide bonds. The topological polar surface area (TPSA) is 77.0 Å². The number of hydrogen-bond donors (Lipinski definition) is 2. The van der Waals surface area contributed by atoms with E-state index in [0.29, 0.717) is 12.4 Å². The molecule has 5 heteroatoms. The molecule has 0 saturated heterocycles. The summed E-state index contributed by atoms with van der Waals surface area (Å²) in [7, 11) is 0. The van der Waals surface area contributed by atoms with Crippen molar-refractivity contribution < 1.29 is 4.52 Å². The van der Waals surface area contributed by atoms with Gasteiger partial charge in [0, 0.05) is 11.4 Å². The first-order valence-corrected chi connectivity index (χ1v) is 4.61. The summed E-state index contributed by atoms with van der Waals surface area (Å²) in [4.78, 5) is 3.90. The van der Waals surface area contributed by atoms with Crippen LogP contribution in [0.4, 0.5) is 11.4 Å². The van der Waals surface area contributed by atoms with Gasteiger partial charge in [0.2, 0.25) is 6.39 Å². The number of nitrogen functional groups attached to an aromatic ring is 1. The summed E-state index contributed by atoms with van der Waals surface area (Å²) in [5.74, 6) is 0.620. The van der Waals surface area contributed by atoms with Crippen LogP contribution in [0.1, 0.15) is 11.4 Å². The minimum Gasteiger partial charge on any atom is -0.398 e. The van der Waals surface area contributed by atoms with Crippen molar-refractivity contribution in [3.8, 4) is 0 Å². The van der Waals surface area contributed by atoms with E-state index in [1.807, 2.05) is 25.1 Å². The van der Waals surface area contributed by atoms with Gasteiger partial charge in [-0.05, 0) is 24.6 Å². The minimum absolute atomic E-state index is 0.527. The van der Waals surface area contributed by atoms with Gasteiger partial charge < -0.3 is 15.6 Å². The summed E-state index contributed by atoms with van der Waals surface area (Å²) in [5.41, 5.74) is 8.57. The number of aryl methyl sites for hydroxylation is 1. The first-order valence-electron chi connectivity index (χ1n) is 4.61. The Bertz CT molecular complexity index is 439. The van der Waals surface area contributed by atoms with Crippen LogP contribution in [0, 0.1) is 6.92 Å². The Hall–Kier alpha value is -2.04. The van der Waals surface area contributed by atoms with Crippen molar-refractivity contribution in [1.29, 1.82) is 0 Å². The summed E-state index contributed by atoms with van der Waals surface area (Å²) in [6.45, 7) is 2.50. The van der Waals surface area contributed by atoms with Crippen LogP contribution in [0.2, 0.25) is 0 Å². The van der Waals surface area contributed by atoms with Gasteiger partial charge in [-0.15, -0.1) is 0 Å². The molecule has 0 atom stereocenters. The molecule has 0 aliphatic rings. The third-order valence-electron chi connectivity index (χ3n) is 2.14. The molecule has 0 aliphatic heterocycles. The van der Waals surface area contributed by atoms with Gasteiger partial charge in [0.1, 0.15) is 0 Å². The van der Waals surface area contributed by atoms with Crippen molar-refractivity contribution in [2.75, 3.05) is 11.1 Å². The van der Waals surface area contributed by atoms with E-state index in [1.54, 1.807) is 0 Å². The Morgan fingerprint density at radius 2 is 2.33 bits per heavy atom. The predicted molar refractivity (Wildman–Crippen MR) is 57.2 cm³/mol. The SMILES string of the molecule is Cc1ccc(NCc2ncon2)cc1N. The van der Waals surface area contributed by atoms with Gasteiger partial charge >= 0.3 is 0 Å². The van der Waals surface area contributed by atoms with Crippen LogP contribution in [0.5, 0.6) is 0 Å². The second kappa shape index (κ2) is 4.00. The number of nitrogens with two attached hydrogens (primary N) is 1. The summed E-state index contributed by atoms with van der Waals surface area (Å²) < 4.78 is 4.62. The molecule has 78 valence electrons. The van der Waals surface area contributed by atoms with Crippen molar-refractivity contribution >= 4 is 11.4 Å². The highest BCUT2D eigenvalue weighted by atomic mass is 16.5. The lowest BCUT2D eigenvalue weighted by Gasteiger charge is -2.06. The Labute approximate surface area is 87.3 Å². The zero-order valence-electron chi connectivity index (χ0n) is 8.40. The zero-order chi connectivity index (χ0) is 10.7. The molecule has 0 bridgehead atoms. The Morgan fingerprint density at radius 1 is 1.47 bits per heavy atom. The van der Waals surface area contributed by atoms with Gasteiger partial charge in [-0.3, -0.25) is 0 Å². The van der Waals surface area contributed by atoms with Gasteiger partial charge in [0.15, 0.2) is 5.82 Å². The molecule has 0 radical (unpaired) electrons. The van der Waals surface area contributed by atoms with Crippen LogP contribution in [-0.2, 0) is 6.54 Å². The van der Waals surface area contributed by atoms with Gasteiger partial charge in [0.25, 0.3) is 0 Å². The van der Waals surface area contributed by atoms with Crippen molar-refractivity contribution in [1.82, 2.24) is 10.1 Å².